The molecule has 6 heteroatoms. The summed E-state index contributed by atoms with van der Waals surface area (Å²) in [7, 11) is 0. The van der Waals surface area contributed by atoms with Crippen molar-refractivity contribution in [2.45, 2.75) is 6.42 Å². The van der Waals surface area contributed by atoms with Crippen LogP contribution in [0.15, 0.2) is 0 Å². The molecule has 0 aromatic carbocycles. The van der Waals surface area contributed by atoms with Gasteiger partial charge in [-0.25, -0.2) is 4.79 Å². The van der Waals surface area contributed by atoms with Crippen LogP contribution in [-0.4, -0.2) is 27.9 Å². The minimum absolute atomic E-state index is 0. The van der Waals surface area contributed by atoms with E-state index in [1.54, 1.807) is 0 Å². The molecule has 66 valence electrons. The summed E-state index contributed by atoms with van der Waals surface area (Å²) in [6, 6.07) is 0. The van der Waals surface area contributed by atoms with Crippen LogP contribution in [0.5, 0.6) is 5.88 Å². The van der Waals surface area contributed by atoms with Crippen LogP contribution in [0, 0.1) is 0 Å². The van der Waals surface area contributed by atoms with E-state index in [1.165, 1.54) is 0 Å². The fourth-order valence-electron chi connectivity index (χ4n) is 1.13. The first-order valence-corrected chi connectivity index (χ1v) is 3.22. The van der Waals surface area contributed by atoms with E-state index in [0.29, 0.717) is 24.5 Å². The number of rotatable bonds is 1. The molecule has 12 heavy (non-hydrogen) atoms. The maximum Gasteiger partial charge on any atom is 0.354 e. The van der Waals surface area contributed by atoms with Gasteiger partial charge in [-0.2, -0.15) is 0 Å². The highest BCUT2D eigenvalue weighted by atomic mass is 35.5. The van der Waals surface area contributed by atoms with Gasteiger partial charge in [-0.3, -0.25) is 5.10 Å². The molecule has 1 aliphatic rings. The van der Waals surface area contributed by atoms with Crippen LogP contribution in [0.3, 0.4) is 0 Å². The van der Waals surface area contributed by atoms with Gasteiger partial charge in [0, 0.05) is 6.42 Å². The van der Waals surface area contributed by atoms with Gasteiger partial charge in [0.05, 0.1) is 12.2 Å². The Labute approximate surface area is 74.1 Å². The number of ether oxygens (including phenoxy) is 1. The van der Waals surface area contributed by atoms with Gasteiger partial charge in [0.1, 0.15) is 0 Å². The summed E-state index contributed by atoms with van der Waals surface area (Å²) in [6.45, 7) is 0.534. The standard InChI is InChI=1S/C6H6N2O3.ClH/c9-6(10)4-3-1-2-11-5(3)8-7-4;/h1-2H2,(H,7,8)(H,9,10);1H. The van der Waals surface area contributed by atoms with Crippen molar-refractivity contribution in [2.75, 3.05) is 6.61 Å². The number of halogens is 1. The maximum atomic E-state index is 10.5. The molecule has 1 aromatic rings. The summed E-state index contributed by atoms with van der Waals surface area (Å²) in [5.74, 6) is -0.549. The molecule has 0 aliphatic carbocycles. The van der Waals surface area contributed by atoms with Gasteiger partial charge in [0.2, 0.25) is 5.88 Å². The summed E-state index contributed by atoms with van der Waals surface area (Å²) in [6.07, 6.45) is 0.632. The minimum atomic E-state index is -0.982. The third-order valence-electron chi connectivity index (χ3n) is 1.63. The largest absolute Gasteiger partial charge is 0.477 e. The Morgan fingerprint density at radius 3 is 3.08 bits per heavy atom. The number of hydrogen-bond donors (Lipinski definition) is 2. The second-order valence-electron chi connectivity index (χ2n) is 2.29. The lowest BCUT2D eigenvalue weighted by Gasteiger charge is -1.88. The van der Waals surface area contributed by atoms with E-state index in [9.17, 15) is 4.79 Å². The van der Waals surface area contributed by atoms with Crippen LogP contribution in [0.4, 0.5) is 0 Å². The van der Waals surface area contributed by atoms with Gasteiger partial charge >= 0.3 is 5.97 Å². The summed E-state index contributed by atoms with van der Waals surface area (Å²) in [5, 5.41) is 14.7. The molecule has 0 saturated heterocycles. The zero-order valence-electron chi connectivity index (χ0n) is 6.03. The Kier molecular flexibility index (Phi) is 2.23. The van der Waals surface area contributed by atoms with E-state index >= 15 is 0 Å². The summed E-state index contributed by atoms with van der Waals surface area (Å²) in [5.41, 5.74) is 0.829. The molecule has 2 rings (SSSR count). The van der Waals surface area contributed by atoms with Gasteiger partial charge in [0.25, 0.3) is 0 Å². The molecule has 0 atom stereocenters. The molecule has 2 N–H and O–H groups in total. The predicted molar refractivity (Wildman–Crippen MR) is 42.0 cm³/mol. The van der Waals surface area contributed by atoms with Crippen LogP contribution >= 0.6 is 12.4 Å². The average molecular weight is 191 g/mol. The van der Waals surface area contributed by atoms with Crippen molar-refractivity contribution < 1.29 is 14.6 Å². The van der Waals surface area contributed by atoms with Gasteiger partial charge in [0.15, 0.2) is 5.69 Å². The molecule has 0 spiro atoms. The molecular weight excluding hydrogens is 184 g/mol. The van der Waals surface area contributed by atoms with Gasteiger partial charge in [-0.15, -0.1) is 17.5 Å². The molecule has 2 heterocycles. The van der Waals surface area contributed by atoms with Crippen LogP contribution < -0.4 is 4.74 Å². The van der Waals surface area contributed by atoms with Crippen molar-refractivity contribution in [3.63, 3.8) is 0 Å². The van der Waals surface area contributed by atoms with Crippen LogP contribution in [0.1, 0.15) is 16.1 Å². The molecule has 1 aromatic heterocycles. The molecule has 0 saturated carbocycles. The molecule has 1 aliphatic heterocycles. The smallest absolute Gasteiger partial charge is 0.354 e. The highest BCUT2D eigenvalue weighted by Crippen LogP contribution is 2.24. The number of carbonyl (C=O) groups is 1. The summed E-state index contributed by atoms with van der Waals surface area (Å²) >= 11 is 0. The van der Waals surface area contributed by atoms with E-state index < -0.39 is 5.97 Å². The molecule has 0 fully saturated rings. The fraction of sp³-hybridized carbons (Fsp3) is 0.333. The zero-order valence-corrected chi connectivity index (χ0v) is 6.85. The number of H-pyrrole nitrogens is 1. The molecule has 0 amide bonds. The molecule has 0 radical (unpaired) electrons. The van der Waals surface area contributed by atoms with Gasteiger partial charge in [-0.05, 0) is 0 Å². The monoisotopic (exact) mass is 190 g/mol. The number of aromatic amines is 1. The number of aromatic nitrogens is 2. The number of nitrogens with zero attached hydrogens (tertiary/aromatic N) is 1. The van der Waals surface area contributed by atoms with Crippen LogP contribution in [0.2, 0.25) is 0 Å². The normalized spacial score (nSPS) is 13.0. The van der Waals surface area contributed by atoms with Crippen LogP contribution in [0.25, 0.3) is 0 Å². The average Bonchev–Trinajstić information content (AvgIpc) is 2.41. The Morgan fingerprint density at radius 2 is 2.42 bits per heavy atom. The number of hydrogen-bond acceptors (Lipinski definition) is 3. The van der Waals surface area contributed by atoms with Gasteiger partial charge < -0.3 is 9.84 Å². The van der Waals surface area contributed by atoms with Gasteiger partial charge in [-0.1, -0.05) is 0 Å². The van der Waals surface area contributed by atoms with E-state index in [-0.39, 0.29) is 18.1 Å². The molecular formula is C6H7ClN2O3. The summed E-state index contributed by atoms with van der Waals surface area (Å²) in [4.78, 5) is 10.5. The van der Waals surface area contributed by atoms with E-state index in [0.717, 1.165) is 0 Å². The molecule has 5 nitrogen and oxygen atoms in total. The Bertz CT molecular complexity index is 310. The van der Waals surface area contributed by atoms with E-state index in [4.69, 9.17) is 9.84 Å². The predicted octanol–water partition coefficient (Wildman–Crippen LogP) is 0.465. The first kappa shape index (κ1) is 8.86. The van der Waals surface area contributed by atoms with Crippen molar-refractivity contribution in [1.82, 2.24) is 10.2 Å². The number of carboxylic acid groups (broad SMARTS) is 1. The van der Waals surface area contributed by atoms with Crippen molar-refractivity contribution in [3.05, 3.63) is 11.3 Å². The number of carboxylic acids is 1. The summed E-state index contributed by atoms with van der Waals surface area (Å²) < 4.78 is 5.02. The highest BCUT2D eigenvalue weighted by molar-refractivity contribution is 5.87. The Hall–Kier alpha value is -1.23. The van der Waals surface area contributed by atoms with E-state index in [1.807, 2.05) is 0 Å². The maximum absolute atomic E-state index is 10.5. The second-order valence-corrected chi connectivity index (χ2v) is 2.29. The fourth-order valence-corrected chi connectivity index (χ4v) is 1.13. The van der Waals surface area contributed by atoms with Crippen molar-refractivity contribution >= 4 is 18.4 Å². The zero-order chi connectivity index (χ0) is 7.84. The van der Waals surface area contributed by atoms with E-state index in [2.05, 4.69) is 10.2 Å². The Morgan fingerprint density at radius 1 is 1.67 bits per heavy atom. The highest BCUT2D eigenvalue weighted by Gasteiger charge is 2.23. The van der Waals surface area contributed by atoms with Crippen LogP contribution in [-0.2, 0) is 6.42 Å². The lowest BCUT2D eigenvalue weighted by Crippen LogP contribution is -2.01. The Balaban J connectivity index is 0.000000720. The first-order chi connectivity index (χ1) is 5.29. The number of aromatic carboxylic acids is 1. The molecule has 0 unspecified atom stereocenters. The third kappa shape index (κ3) is 1.12. The third-order valence-corrected chi connectivity index (χ3v) is 1.63. The second kappa shape index (κ2) is 3.02. The first-order valence-electron chi connectivity index (χ1n) is 3.22. The van der Waals surface area contributed by atoms with Crippen molar-refractivity contribution in [1.29, 1.82) is 0 Å². The quantitative estimate of drug-likeness (QED) is 0.675. The lowest BCUT2D eigenvalue weighted by atomic mass is 10.2. The topological polar surface area (TPSA) is 75.2 Å². The lowest BCUT2D eigenvalue weighted by molar-refractivity contribution is 0.0689. The minimum Gasteiger partial charge on any atom is -0.477 e. The molecule has 0 bridgehead atoms. The SMILES string of the molecule is Cl.O=C(O)c1[nH]nc2c1CCO2. The number of nitrogens with one attached hydrogen (secondary N) is 1. The van der Waals surface area contributed by atoms with Crippen molar-refractivity contribution in [3.8, 4) is 5.88 Å². The number of fused-ring (bicyclic) bond motifs is 1. The van der Waals surface area contributed by atoms with Crippen molar-refractivity contribution in [2.24, 2.45) is 0 Å².